The minimum absolute atomic E-state index is 0.363. The zero-order valence-electron chi connectivity index (χ0n) is 13.8. The van der Waals surface area contributed by atoms with E-state index in [2.05, 4.69) is 63.6 Å². The molecule has 0 unspecified atom stereocenters. The molecule has 0 fully saturated rings. The summed E-state index contributed by atoms with van der Waals surface area (Å²) in [5.74, 6) is 0.691. The van der Waals surface area contributed by atoms with E-state index >= 15 is 0 Å². The van der Waals surface area contributed by atoms with E-state index in [0.29, 0.717) is 11.3 Å². The van der Waals surface area contributed by atoms with Crippen molar-refractivity contribution in [1.29, 1.82) is 0 Å². The monoisotopic (exact) mass is 265 g/mol. The maximum atomic E-state index is 4.69. The van der Waals surface area contributed by atoms with Crippen LogP contribution in [0.5, 0.6) is 0 Å². The van der Waals surface area contributed by atoms with E-state index in [0.717, 1.165) is 26.1 Å². The molecule has 1 heterocycles. The van der Waals surface area contributed by atoms with Gasteiger partial charge in [-0.1, -0.05) is 34.6 Å². The first kappa shape index (κ1) is 16.2. The van der Waals surface area contributed by atoms with Crippen LogP contribution in [0, 0.1) is 25.2 Å². The van der Waals surface area contributed by atoms with Gasteiger partial charge in [0.1, 0.15) is 0 Å². The first-order chi connectivity index (χ1) is 8.70. The number of aryl methyl sites for hydroxylation is 2. The largest absolute Gasteiger partial charge is 0.312 e. The van der Waals surface area contributed by atoms with Gasteiger partial charge in [0.05, 0.1) is 5.69 Å². The van der Waals surface area contributed by atoms with Gasteiger partial charge in [0.15, 0.2) is 0 Å². The first-order valence-corrected chi connectivity index (χ1v) is 7.44. The number of hydrogen-bond donors (Lipinski definition) is 1. The van der Waals surface area contributed by atoms with Crippen LogP contribution < -0.4 is 5.32 Å². The average Bonchev–Trinajstić information content (AvgIpc) is 2.52. The topological polar surface area (TPSA) is 29.9 Å². The van der Waals surface area contributed by atoms with Crippen LogP contribution in [0.2, 0.25) is 0 Å². The fraction of sp³-hybridized carbons (Fsp3) is 0.812. The average molecular weight is 265 g/mol. The highest BCUT2D eigenvalue weighted by Crippen LogP contribution is 2.21. The molecule has 0 aliphatic heterocycles. The van der Waals surface area contributed by atoms with Crippen LogP contribution in [-0.4, -0.2) is 16.3 Å². The SMILES string of the molecule is Cc1nn(CCC(C)(C)C)c(C)c1CNCC(C)C. The summed E-state index contributed by atoms with van der Waals surface area (Å²) in [6, 6.07) is 0. The van der Waals surface area contributed by atoms with Gasteiger partial charge in [-0.25, -0.2) is 0 Å². The number of rotatable bonds is 6. The molecule has 19 heavy (non-hydrogen) atoms. The molecular formula is C16H31N3. The third kappa shape index (κ3) is 5.35. The maximum absolute atomic E-state index is 4.69. The zero-order chi connectivity index (χ0) is 14.6. The molecule has 1 rings (SSSR count). The minimum Gasteiger partial charge on any atom is -0.312 e. The molecule has 0 aromatic carbocycles. The van der Waals surface area contributed by atoms with E-state index < -0.39 is 0 Å². The third-order valence-electron chi connectivity index (χ3n) is 3.46. The van der Waals surface area contributed by atoms with Crippen LogP contribution in [0.1, 0.15) is 58.0 Å². The molecule has 1 N–H and O–H groups in total. The van der Waals surface area contributed by atoms with Crippen LogP contribution in [0.15, 0.2) is 0 Å². The summed E-state index contributed by atoms with van der Waals surface area (Å²) in [7, 11) is 0. The lowest BCUT2D eigenvalue weighted by molar-refractivity contribution is 0.338. The maximum Gasteiger partial charge on any atom is 0.0641 e. The Morgan fingerprint density at radius 2 is 1.84 bits per heavy atom. The summed E-state index contributed by atoms with van der Waals surface area (Å²) in [5, 5.41) is 8.20. The van der Waals surface area contributed by atoms with Crippen molar-refractivity contribution < 1.29 is 0 Å². The molecule has 0 bridgehead atoms. The predicted molar refractivity (Wildman–Crippen MR) is 82.3 cm³/mol. The molecule has 0 saturated heterocycles. The molecule has 0 aliphatic carbocycles. The lowest BCUT2D eigenvalue weighted by atomic mass is 9.92. The van der Waals surface area contributed by atoms with E-state index in [9.17, 15) is 0 Å². The fourth-order valence-corrected chi connectivity index (χ4v) is 2.13. The molecule has 3 heteroatoms. The van der Waals surface area contributed by atoms with Gasteiger partial charge in [0.25, 0.3) is 0 Å². The number of nitrogens with one attached hydrogen (secondary N) is 1. The predicted octanol–water partition coefficient (Wildman–Crippen LogP) is 3.68. The van der Waals surface area contributed by atoms with Crippen molar-refractivity contribution in [2.24, 2.45) is 11.3 Å². The smallest absolute Gasteiger partial charge is 0.0641 e. The van der Waals surface area contributed by atoms with E-state index in [4.69, 9.17) is 0 Å². The molecular weight excluding hydrogens is 234 g/mol. The van der Waals surface area contributed by atoms with Crippen LogP contribution in [0.4, 0.5) is 0 Å². The molecule has 0 saturated carbocycles. The van der Waals surface area contributed by atoms with Gasteiger partial charge in [0.2, 0.25) is 0 Å². The van der Waals surface area contributed by atoms with Crippen molar-refractivity contribution in [1.82, 2.24) is 15.1 Å². The van der Waals surface area contributed by atoms with Gasteiger partial charge in [-0.05, 0) is 38.1 Å². The lowest BCUT2D eigenvalue weighted by Gasteiger charge is -2.18. The summed E-state index contributed by atoms with van der Waals surface area (Å²) >= 11 is 0. The standard InChI is InChI=1S/C16H31N3/c1-12(2)10-17-11-15-13(3)18-19(14(15)4)9-8-16(5,6)7/h12,17H,8-11H2,1-7H3. The van der Waals surface area contributed by atoms with E-state index in [1.807, 2.05) is 0 Å². The zero-order valence-corrected chi connectivity index (χ0v) is 13.8. The Morgan fingerprint density at radius 1 is 1.21 bits per heavy atom. The molecule has 0 amide bonds. The highest BCUT2D eigenvalue weighted by Gasteiger charge is 2.14. The molecule has 0 radical (unpaired) electrons. The molecule has 0 spiro atoms. The number of aromatic nitrogens is 2. The molecule has 0 aliphatic rings. The second kappa shape index (κ2) is 6.56. The summed E-state index contributed by atoms with van der Waals surface area (Å²) in [5.41, 5.74) is 4.22. The fourth-order valence-electron chi connectivity index (χ4n) is 2.13. The van der Waals surface area contributed by atoms with Crippen molar-refractivity contribution >= 4 is 0 Å². The Kier molecular flexibility index (Phi) is 5.60. The minimum atomic E-state index is 0.363. The second-order valence-electron chi connectivity index (χ2n) is 7.21. The van der Waals surface area contributed by atoms with E-state index in [-0.39, 0.29) is 0 Å². The summed E-state index contributed by atoms with van der Waals surface area (Å²) in [4.78, 5) is 0. The molecule has 0 atom stereocenters. The Labute approximate surface area is 118 Å². The number of hydrogen-bond acceptors (Lipinski definition) is 2. The van der Waals surface area contributed by atoms with Crippen LogP contribution >= 0.6 is 0 Å². The van der Waals surface area contributed by atoms with E-state index in [1.54, 1.807) is 0 Å². The third-order valence-corrected chi connectivity index (χ3v) is 3.46. The van der Waals surface area contributed by atoms with E-state index in [1.165, 1.54) is 17.0 Å². The summed E-state index contributed by atoms with van der Waals surface area (Å²) in [6.07, 6.45) is 1.16. The van der Waals surface area contributed by atoms with Gasteiger partial charge in [0, 0.05) is 24.3 Å². The Balaban J connectivity index is 2.66. The van der Waals surface area contributed by atoms with Crippen molar-refractivity contribution in [3.8, 4) is 0 Å². The Bertz CT molecular complexity index is 397. The molecule has 110 valence electrons. The molecule has 1 aromatic heterocycles. The summed E-state index contributed by atoms with van der Waals surface area (Å²) in [6.45, 7) is 18.6. The van der Waals surface area contributed by atoms with Gasteiger partial charge < -0.3 is 5.32 Å². The van der Waals surface area contributed by atoms with Crippen LogP contribution in [0.3, 0.4) is 0 Å². The highest BCUT2D eigenvalue weighted by molar-refractivity contribution is 5.24. The van der Waals surface area contributed by atoms with Crippen LogP contribution in [0.25, 0.3) is 0 Å². The van der Waals surface area contributed by atoms with Crippen LogP contribution in [-0.2, 0) is 13.1 Å². The van der Waals surface area contributed by atoms with Crippen molar-refractivity contribution in [3.63, 3.8) is 0 Å². The quantitative estimate of drug-likeness (QED) is 0.850. The van der Waals surface area contributed by atoms with Gasteiger partial charge in [-0.2, -0.15) is 5.10 Å². The Morgan fingerprint density at radius 3 is 2.37 bits per heavy atom. The second-order valence-corrected chi connectivity index (χ2v) is 7.21. The first-order valence-electron chi connectivity index (χ1n) is 7.44. The van der Waals surface area contributed by atoms with Gasteiger partial charge >= 0.3 is 0 Å². The van der Waals surface area contributed by atoms with Crippen molar-refractivity contribution in [2.75, 3.05) is 6.54 Å². The Hall–Kier alpha value is -0.830. The lowest BCUT2D eigenvalue weighted by Crippen LogP contribution is -2.19. The van der Waals surface area contributed by atoms with Crippen molar-refractivity contribution in [3.05, 3.63) is 17.0 Å². The van der Waals surface area contributed by atoms with Gasteiger partial charge in [-0.15, -0.1) is 0 Å². The summed E-state index contributed by atoms with van der Waals surface area (Å²) < 4.78 is 2.17. The normalized spacial score (nSPS) is 12.4. The van der Waals surface area contributed by atoms with Crippen molar-refractivity contribution in [2.45, 2.75) is 68.0 Å². The molecule has 3 nitrogen and oxygen atoms in total. The van der Waals surface area contributed by atoms with Gasteiger partial charge in [-0.3, -0.25) is 4.68 Å². The molecule has 1 aromatic rings. The number of nitrogens with zero attached hydrogens (tertiary/aromatic N) is 2. The highest BCUT2D eigenvalue weighted by atomic mass is 15.3.